The number of unbranched alkanes of at least 4 members (excludes halogenated alkanes) is 1. The van der Waals surface area contributed by atoms with Crippen LogP contribution in [-0.2, 0) is 4.74 Å². The molecule has 0 saturated heterocycles. The van der Waals surface area contributed by atoms with Crippen molar-refractivity contribution >= 4 is 0 Å². The van der Waals surface area contributed by atoms with Crippen LogP contribution in [0.5, 0.6) is 0 Å². The maximum Gasteiger partial charge on any atom is 0.0494 e. The molecule has 0 radical (unpaired) electrons. The number of rotatable bonds is 10. The third-order valence-corrected chi connectivity index (χ3v) is 2.68. The van der Waals surface area contributed by atoms with Crippen molar-refractivity contribution in [3.8, 4) is 0 Å². The van der Waals surface area contributed by atoms with Gasteiger partial charge in [-0.15, -0.1) is 0 Å². The van der Waals surface area contributed by atoms with E-state index in [-0.39, 0.29) is 0 Å². The van der Waals surface area contributed by atoms with E-state index in [0.29, 0.717) is 0 Å². The van der Waals surface area contributed by atoms with E-state index in [1.807, 2.05) is 0 Å². The SMILES string of the molecule is CCCCC(CC)COCCCN.CCCN. The monoisotopic (exact) mass is 246 g/mol. The van der Waals surface area contributed by atoms with E-state index >= 15 is 0 Å². The van der Waals surface area contributed by atoms with Crippen LogP contribution in [0.25, 0.3) is 0 Å². The summed E-state index contributed by atoms with van der Waals surface area (Å²) < 4.78 is 5.54. The summed E-state index contributed by atoms with van der Waals surface area (Å²) in [5, 5.41) is 0. The molecule has 0 heterocycles. The minimum Gasteiger partial charge on any atom is -0.381 e. The predicted molar refractivity (Wildman–Crippen MR) is 77.1 cm³/mol. The molecule has 17 heavy (non-hydrogen) atoms. The van der Waals surface area contributed by atoms with Gasteiger partial charge in [0.1, 0.15) is 0 Å². The summed E-state index contributed by atoms with van der Waals surface area (Å²) in [6.07, 6.45) is 7.26. The molecule has 3 nitrogen and oxygen atoms in total. The Balaban J connectivity index is 0. The Labute approximate surface area is 108 Å². The maximum atomic E-state index is 5.54. The molecular weight excluding hydrogens is 212 g/mol. The van der Waals surface area contributed by atoms with Crippen molar-refractivity contribution in [2.75, 3.05) is 26.3 Å². The van der Waals surface area contributed by atoms with Crippen molar-refractivity contribution in [1.82, 2.24) is 0 Å². The Bertz CT molecular complexity index is 119. The molecule has 0 saturated carbocycles. The molecule has 0 aliphatic carbocycles. The maximum absolute atomic E-state index is 5.54. The largest absolute Gasteiger partial charge is 0.381 e. The van der Waals surface area contributed by atoms with Gasteiger partial charge in [0.2, 0.25) is 0 Å². The second kappa shape index (κ2) is 18.3. The summed E-state index contributed by atoms with van der Waals surface area (Å²) in [7, 11) is 0. The second-order valence-corrected chi connectivity index (χ2v) is 4.42. The van der Waals surface area contributed by atoms with Crippen LogP contribution in [0.2, 0.25) is 0 Å². The van der Waals surface area contributed by atoms with Crippen LogP contribution in [0.15, 0.2) is 0 Å². The molecule has 3 heteroatoms. The normalized spacial score (nSPS) is 11.8. The molecule has 106 valence electrons. The van der Waals surface area contributed by atoms with Crippen LogP contribution in [0.3, 0.4) is 0 Å². The van der Waals surface area contributed by atoms with Crippen LogP contribution in [-0.4, -0.2) is 26.3 Å². The van der Waals surface area contributed by atoms with Crippen molar-refractivity contribution in [1.29, 1.82) is 0 Å². The minimum absolute atomic E-state index is 0.742. The summed E-state index contributed by atoms with van der Waals surface area (Å²) in [5.41, 5.74) is 10.4. The molecule has 0 rings (SSSR count). The molecule has 0 aliphatic rings. The lowest BCUT2D eigenvalue weighted by Gasteiger charge is -2.14. The fourth-order valence-electron chi connectivity index (χ4n) is 1.33. The van der Waals surface area contributed by atoms with E-state index in [1.165, 1.54) is 25.7 Å². The van der Waals surface area contributed by atoms with Gasteiger partial charge >= 0.3 is 0 Å². The van der Waals surface area contributed by atoms with Gasteiger partial charge in [0, 0.05) is 13.2 Å². The van der Waals surface area contributed by atoms with Gasteiger partial charge in [0.15, 0.2) is 0 Å². The smallest absolute Gasteiger partial charge is 0.0494 e. The Morgan fingerprint density at radius 2 is 1.59 bits per heavy atom. The molecule has 0 fully saturated rings. The van der Waals surface area contributed by atoms with Gasteiger partial charge in [-0.3, -0.25) is 0 Å². The van der Waals surface area contributed by atoms with Crippen molar-refractivity contribution < 1.29 is 4.74 Å². The number of hydrogen-bond acceptors (Lipinski definition) is 3. The first-order chi connectivity index (χ1) is 8.26. The van der Waals surface area contributed by atoms with E-state index in [1.54, 1.807) is 0 Å². The highest BCUT2D eigenvalue weighted by Crippen LogP contribution is 2.12. The van der Waals surface area contributed by atoms with E-state index in [4.69, 9.17) is 16.2 Å². The Morgan fingerprint density at radius 3 is 2.00 bits per heavy atom. The van der Waals surface area contributed by atoms with E-state index in [0.717, 1.165) is 45.1 Å². The molecule has 0 aromatic rings. The Kier molecular flexibility index (Phi) is 20.6. The average Bonchev–Trinajstić information content (AvgIpc) is 2.38. The summed E-state index contributed by atoms with van der Waals surface area (Å²) in [4.78, 5) is 0. The van der Waals surface area contributed by atoms with E-state index in [2.05, 4.69) is 20.8 Å². The molecule has 0 aliphatic heterocycles. The van der Waals surface area contributed by atoms with Crippen LogP contribution in [0.4, 0.5) is 0 Å². The average molecular weight is 246 g/mol. The van der Waals surface area contributed by atoms with Crippen LogP contribution in [0, 0.1) is 5.92 Å². The fourth-order valence-corrected chi connectivity index (χ4v) is 1.33. The van der Waals surface area contributed by atoms with Gasteiger partial charge in [-0.2, -0.15) is 0 Å². The first-order valence-corrected chi connectivity index (χ1v) is 7.24. The molecule has 1 atom stereocenters. The van der Waals surface area contributed by atoms with Gasteiger partial charge < -0.3 is 16.2 Å². The minimum atomic E-state index is 0.742. The molecule has 0 amide bonds. The van der Waals surface area contributed by atoms with Crippen LogP contribution in [0.1, 0.15) is 59.3 Å². The summed E-state index contributed by atoms with van der Waals surface area (Å²) in [5.74, 6) is 0.762. The topological polar surface area (TPSA) is 61.3 Å². The molecular formula is C14H34N2O. The zero-order chi connectivity index (χ0) is 13.4. The Hall–Kier alpha value is -0.120. The molecule has 0 bridgehead atoms. The van der Waals surface area contributed by atoms with Gasteiger partial charge in [-0.1, -0.05) is 40.0 Å². The quantitative estimate of drug-likeness (QED) is 0.583. The first kappa shape index (κ1) is 19.2. The van der Waals surface area contributed by atoms with Gasteiger partial charge in [0.25, 0.3) is 0 Å². The fraction of sp³-hybridized carbons (Fsp3) is 1.00. The van der Waals surface area contributed by atoms with Gasteiger partial charge in [-0.05, 0) is 38.3 Å². The third-order valence-electron chi connectivity index (χ3n) is 2.68. The lowest BCUT2D eigenvalue weighted by molar-refractivity contribution is 0.0933. The highest BCUT2D eigenvalue weighted by atomic mass is 16.5. The second-order valence-electron chi connectivity index (χ2n) is 4.42. The molecule has 0 aromatic carbocycles. The van der Waals surface area contributed by atoms with E-state index < -0.39 is 0 Å². The zero-order valence-electron chi connectivity index (χ0n) is 12.2. The highest BCUT2D eigenvalue weighted by Gasteiger charge is 2.04. The molecule has 4 N–H and O–H groups in total. The Morgan fingerprint density at radius 1 is 0.941 bits per heavy atom. The zero-order valence-corrected chi connectivity index (χ0v) is 12.2. The lowest BCUT2D eigenvalue weighted by atomic mass is 10.0. The summed E-state index contributed by atoms with van der Waals surface area (Å²) in [6, 6.07) is 0. The molecule has 0 aromatic heterocycles. The van der Waals surface area contributed by atoms with Gasteiger partial charge in [0.05, 0.1) is 0 Å². The molecule has 1 unspecified atom stereocenters. The highest BCUT2D eigenvalue weighted by molar-refractivity contribution is 4.55. The first-order valence-electron chi connectivity index (χ1n) is 7.24. The number of nitrogens with two attached hydrogens (primary N) is 2. The summed E-state index contributed by atoms with van der Waals surface area (Å²) >= 11 is 0. The lowest BCUT2D eigenvalue weighted by Crippen LogP contribution is -2.11. The third kappa shape index (κ3) is 18.4. The number of ether oxygens (including phenoxy) is 1. The predicted octanol–water partition coefficient (Wildman–Crippen LogP) is 2.92. The van der Waals surface area contributed by atoms with Crippen molar-refractivity contribution in [2.45, 2.75) is 59.3 Å². The van der Waals surface area contributed by atoms with Crippen LogP contribution >= 0.6 is 0 Å². The number of hydrogen-bond donors (Lipinski definition) is 2. The van der Waals surface area contributed by atoms with Gasteiger partial charge in [-0.25, -0.2) is 0 Å². The van der Waals surface area contributed by atoms with Crippen molar-refractivity contribution in [2.24, 2.45) is 17.4 Å². The van der Waals surface area contributed by atoms with Crippen LogP contribution < -0.4 is 11.5 Å². The van der Waals surface area contributed by atoms with Crippen molar-refractivity contribution in [3.05, 3.63) is 0 Å². The van der Waals surface area contributed by atoms with E-state index in [9.17, 15) is 0 Å². The standard InChI is InChI=1S/C11H25NO.C3H9N/c1-3-5-7-11(4-2)10-13-9-6-8-12;1-2-3-4/h11H,3-10,12H2,1-2H3;2-4H2,1H3. The molecule has 0 spiro atoms. The summed E-state index contributed by atoms with van der Waals surface area (Å²) in [6.45, 7) is 9.86. The van der Waals surface area contributed by atoms with Crippen molar-refractivity contribution in [3.63, 3.8) is 0 Å².